The molecule has 0 fully saturated rings. The van der Waals surface area contributed by atoms with E-state index in [2.05, 4.69) is 20.3 Å². The molecule has 2 aromatic carbocycles. The van der Waals surface area contributed by atoms with Crippen molar-refractivity contribution in [2.24, 2.45) is 0 Å². The number of nitrogens with zero attached hydrogens (tertiary/aromatic N) is 3. The first-order valence-electron chi connectivity index (χ1n) is 9.01. The lowest BCUT2D eigenvalue weighted by Gasteiger charge is -2.08. The fraction of sp³-hybridized carbons (Fsp3) is 0.190. The smallest absolute Gasteiger partial charge is 0.276 e. The van der Waals surface area contributed by atoms with E-state index in [1.54, 1.807) is 46.6 Å². The van der Waals surface area contributed by atoms with Gasteiger partial charge in [0.15, 0.2) is 11.5 Å². The maximum absolute atomic E-state index is 5.45. The van der Waals surface area contributed by atoms with Crippen LogP contribution in [-0.2, 0) is 0 Å². The van der Waals surface area contributed by atoms with Crippen molar-refractivity contribution in [2.75, 3.05) is 28.4 Å². The van der Waals surface area contributed by atoms with Gasteiger partial charge in [0, 0.05) is 17.2 Å². The molecule has 9 heteroatoms. The summed E-state index contributed by atoms with van der Waals surface area (Å²) in [5.74, 6) is 3.27. The van der Waals surface area contributed by atoms with Crippen LogP contribution in [0, 0.1) is 0 Å². The van der Waals surface area contributed by atoms with Crippen LogP contribution in [0.15, 0.2) is 47.0 Å². The molecule has 0 saturated carbocycles. The van der Waals surface area contributed by atoms with Gasteiger partial charge in [-0.15, -0.1) is 0 Å². The molecule has 0 unspecified atom stereocenters. The molecular weight excluding hydrogens is 388 g/mol. The highest BCUT2D eigenvalue weighted by Gasteiger charge is 2.17. The van der Waals surface area contributed by atoms with E-state index in [1.807, 2.05) is 24.3 Å². The van der Waals surface area contributed by atoms with Gasteiger partial charge in [0.25, 0.3) is 5.89 Å². The molecule has 4 aromatic rings. The highest BCUT2D eigenvalue weighted by Crippen LogP contribution is 2.35. The zero-order chi connectivity index (χ0) is 21.1. The van der Waals surface area contributed by atoms with E-state index in [0.29, 0.717) is 46.1 Å². The van der Waals surface area contributed by atoms with Crippen LogP contribution >= 0.6 is 0 Å². The number of hydrogen-bond acceptors (Lipinski definition) is 8. The quantitative estimate of drug-likeness (QED) is 0.492. The van der Waals surface area contributed by atoms with Gasteiger partial charge in [-0.25, -0.2) is 0 Å². The van der Waals surface area contributed by atoms with Gasteiger partial charge in [-0.2, -0.15) is 10.1 Å². The molecule has 0 aliphatic rings. The SMILES string of the molecule is COc1ccc(-c2cc(-c3nc(-c4ccc(OC)c(OC)c4)no3)[nH]n2)c(OC)c1. The van der Waals surface area contributed by atoms with Crippen molar-refractivity contribution in [3.8, 4) is 57.2 Å². The van der Waals surface area contributed by atoms with E-state index in [1.165, 1.54) is 0 Å². The number of rotatable bonds is 7. The Balaban J connectivity index is 1.64. The summed E-state index contributed by atoms with van der Waals surface area (Å²) in [6.45, 7) is 0. The van der Waals surface area contributed by atoms with E-state index >= 15 is 0 Å². The largest absolute Gasteiger partial charge is 0.497 e. The lowest BCUT2D eigenvalue weighted by molar-refractivity contribution is 0.355. The molecule has 0 bridgehead atoms. The maximum atomic E-state index is 5.45. The average molecular weight is 408 g/mol. The molecule has 1 N–H and O–H groups in total. The minimum Gasteiger partial charge on any atom is -0.497 e. The molecule has 0 aliphatic heterocycles. The monoisotopic (exact) mass is 408 g/mol. The number of aromatic nitrogens is 4. The Morgan fingerprint density at radius 3 is 2.33 bits per heavy atom. The normalized spacial score (nSPS) is 10.7. The molecule has 30 heavy (non-hydrogen) atoms. The average Bonchev–Trinajstić information content (AvgIpc) is 3.48. The van der Waals surface area contributed by atoms with Gasteiger partial charge in [0.2, 0.25) is 5.82 Å². The van der Waals surface area contributed by atoms with E-state index in [9.17, 15) is 0 Å². The second-order valence-corrected chi connectivity index (χ2v) is 6.23. The number of hydrogen-bond donors (Lipinski definition) is 1. The number of nitrogens with one attached hydrogen (secondary N) is 1. The van der Waals surface area contributed by atoms with Gasteiger partial charge < -0.3 is 23.5 Å². The summed E-state index contributed by atoms with van der Waals surface area (Å²) in [5, 5.41) is 11.3. The predicted octanol–water partition coefficient (Wildman–Crippen LogP) is 3.83. The Kier molecular flexibility index (Phi) is 5.25. The molecule has 0 spiro atoms. The van der Waals surface area contributed by atoms with Crippen LogP contribution < -0.4 is 18.9 Å². The van der Waals surface area contributed by atoms with Crippen molar-refractivity contribution in [1.29, 1.82) is 0 Å². The number of methoxy groups -OCH3 is 4. The van der Waals surface area contributed by atoms with Gasteiger partial charge >= 0.3 is 0 Å². The van der Waals surface area contributed by atoms with Crippen molar-refractivity contribution >= 4 is 0 Å². The Bertz CT molecular complexity index is 1170. The first kappa shape index (κ1) is 19.3. The molecule has 2 aromatic heterocycles. The molecule has 9 nitrogen and oxygen atoms in total. The Morgan fingerprint density at radius 2 is 1.60 bits per heavy atom. The van der Waals surface area contributed by atoms with Gasteiger partial charge in [-0.3, -0.25) is 5.10 Å². The Morgan fingerprint density at radius 1 is 0.800 bits per heavy atom. The summed E-state index contributed by atoms with van der Waals surface area (Å²) in [4.78, 5) is 4.46. The number of H-pyrrole nitrogens is 1. The van der Waals surface area contributed by atoms with E-state index in [-0.39, 0.29) is 0 Å². The summed E-state index contributed by atoms with van der Waals surface area (Å²) in [5.41, 5.74) is 2.80. The third kappa shape index (κ3) is 3.52. The Labute approximate surface area is 172 Å². The van der Waals surface area contributed by atoms with Crippen LogP contribution in [0.5, 0.6) is 23.0 Å². The van der Waals surface area contributed by atoms with Crippen LogP contribution in [0.2, 0.25) is 0 Å². The van der Waals surface area contributed by atoms with Crippen molar-refractivity contribution in [3.63, 3.8) is 0 Å². The summed E-state index contributed by atoms with van der Waals surface area (Å²) in [7, 11) is 6.35. The second-order valence-electron chi connectivity index (χ2n) is 6.23. The molecule has 0 amide bonds. The number of ether oxygens (including phenoxy) is 4. The zero-order valence-corrected chi connectivity index (χ0v) is 16.9. The third-order valence-electron chi connectivity index (χ3n) is 4.56. The number of aromatic amines is 1. The van der Waals surface area contributed by atoms with Crippen LogP contribution in [0.4, 0.5) is 0 Å². The third-order valence-corrected chi connectivity index (χ3v) is 4.56. The van der Waals surface area contributed by atoms with Gasteiger partial charge in [-0.05, 0) is 36.4 Å². The highest BCUT2D eigenvalue weighted by molar-refractivity contribution is 5.72. The summed E-state index contributed by atoms with van der Waals surface area (Å²) >= 11 is 0. The van der Waals surface area contributed by atoms with Crippen LogP contribution in [-0.4, -0.2) is 48.8 Å². The van der Waals surface area contributed by atoms with E-state index in [0.717, 1.165) is 11.1 Å². The standard InChI is InChI=1S/C21H20N4O5/c1-26-13-6-7-14(18(10-13)28-3)15-11-16(24-23-15)21-22-20(25-30-21)12-5-8-17(27-2)19(9-12)29-4/h5-11H,1-4H3,(H,23,24). The van der Waals surface area contributed by atoms with Crippen molar-refractivity contribution in [3.05, 3.63) is 42.5 Å². The molecule has 2 heterocycles. The highest BCUT2D eigenvalue weighted by atomic mass is 16.5. The molecule has 0 radical (unpaired) electrons. The summed E-state index contributed by atoms with van der Waals surface area (Å²) in [6.07, 6.45) is 0. The molecule has 0 saturated heterocycles. The lowest BCUT2D eigenvalue weighted by atomic mass is 10.1. The molecule has 4 rings (SSSR count). The van der Waals surface area contributed by atoms with Crippen LogP contribution in [0.1, 0.15) is 0 Å². The molecule has 0 atom stereocenters. The first-order valence-corrected chi connectivity index (χ1v) is 9.01. The Hall–Kier alpha value is -4.01. The predicted molar refractivity (Wildman–Crippen MR) is 109 cm³/mol. The lowest BCUT2D eigenvalue weighted by Crippen LogP contribution is -1.91. The minimum atomic E-state index is 0.311. The fourth-order valence-corrected chi connectivity index (χ4v) is 3.00. The van der Waals surface area contributed by atoms with Crippen LogP contribution in [0.25, 0.3) is 34.2 Å². The van der Waals surface area contributed by atoms with Crippen molar-refractivity contribution in [1.82, 2.24) is 20.3 Å². The minimum absolute atomic E-state index is 0.311. The topological polar surface area (TPSA) is 105 Å². The van der Waals surface area contributed by atoms with Gasteiger partial charge in [0.05, 0.1) is 34.1 Å². The first-order chi connectivity index (χ1) is 14.7. The molecule has 0 aliphatic carbocycles. The summed E-state index contributed by atoms with van der Waals surface area (Å²) in [6, 6.07) is 12.7. The van der Waals surface area contributed by atoms with Crippen molar-refractivity contribution < 1.29 is 23.5 Å². The fourth-order valence-electron chi connectivity index (χ4n) is 3.00. The van der Waals surface area contributed by atoms with Gasteiger partial charge in [0.1, 0.15) is 17.2 Å². The van der Waals surface area contributed by atoms with E-state index < -0.39 is 0 Å². The number of benzene rings is 2. The second kappa shape index (κ2) is 8.16. The van der Waals surface area contributed by atoms with Gasteiger partial charge in [-0.1, -0.05) is 5.16 Å². The molecular formula is C21H20N4O5. The van der Waals surface area contributed by atoms with E-state index in [4.69, 9.17) is 23.5 Å². The molecule has 154 valence electrons. The van der Waals surface area contributed by atoms with Crippen molar-refractivity contribution in [2.45, 2.75) is 0 Å². The maximum Gasteiger partial charge on any atom is 0.276 e. The zero-order valence-electron chi connectivity index (χ0n) is 16.9. The van der Waals surface area contributed by atoms with Crippen LogP contribution in [0.3, 0.4) is 0 Å². The summed E-state index contributed by atoms with van der Waals surface area (Å²) < 4.78 is 26.7.